The summed E-state index contributed by atoms with van der Waals surface area (Å²) >= 11 is 14.2. The molecule has 0 spiro atoms. The number of rotatable bonds is 4. The Bertz CT molecular complexity index is 696. The van der Waals surface area contributed by atoms with Crippen LogP contribution >= 0.6 is 35.0 Å². The van der Waals surface area contributed by atoms with Crippen molar-refractivity contribution in [2.75, 3.05) is 12.3 Å². The second kappa shape index (κ2) is 6.90. The maximum atomic E-state index is 12.9. The van der Waals surface area contributed by atoms with E-state index in [0.717, 1.165) is 28.5 Å². The topological polar surface area (TPSA) is 21.6 Å². The molecule has 0 amide bonds. The maximum absolute atomic E-state index is 12.9. The van der Waals surface area contributed by atoms with Gasteiger partial charge < -0.3 is 4.74 Å². The van der Waals surface area contributed by atoms with E-state index in [1.165, 1.54) is 12.1 Å². The van der Waals surface area contributed by atoms with E-state index >= 15 is 0 Å². The lowest BCUT2D eigenvalue weighted by molar-refractivity contribution is 0.306. The minimum atomic E-state index is -0.279. The molecule has 1 aliphatic rings. The lowest BCUT2D eigenvalue weighted by Crippen LogP contribution is -1.99. The van der Waals surface area contributed by atoms with Crippen LogP contribution in [0.4, 0.5) is 4.39 Å². The van der Waals surface area contributed by atoms with Crippen molar-refractivity contribution in [1.29, 1.82) is 0 Å². The van der Waals surface area contributed by atoms with Crippen LogP contribution in [0, 0.1) is 5.82 Å². The third kappa shape index (κ3) is 3.57. The summed E-state index contributed by atoms with van der Waals surface area (Å²) in [5, 5.41) is 1.84. The van der Waals surface area contributed by atoms with Gasteiger partial charge in [-0.2, -0.15) is 0 Å². The van der Waals surface area contributed by atoms with Gasteiger partial charge in [0.25, 0.3) is 0 Å². The lowest BCUT2D eigenvalue weighted by atomic mass is 10.2. The van der Waals surface area contributed by atoms with E-state index in [2.05, 4.69) is 4.99 Å². The first kappa shape index (κ1) is 15.7. The summed E-state index contributed by atoms with van der Waals surface area (Å²) in [4.78, 5) is 4.41. The molecular formula is C16H12Cl2FNOS. The van der Waals surface area contributed by atoms with Crippen LogP contribution in [0.25, 0.3) is 0 Å². The monoisotopic (exact) mass is 355 g/mol. The van der Waals surface area contributed by atoms with Gasteiger partial charge in [-0.25, -0.2) is 4.39 Å². The molecular weight excluding hydrogens is 344 g/mol. The van der Waals surface area contributed by atoms with Gasteiger partial charge in [0.2, 0.25) is 0 Å². The summed E-state index contributed by atoms with van der Waals surface area (Å²) < 4.78 is 18.6. The van der Waals surface area contributed by atoms with Crippen molar-refractivity contribution in [2.24, 2.45) is 4.99 Å². The number of nitrogens with zero attached hydrogens (tertiary/aromatic N) is 1. The van der Waals surface area contributed by atoms with Crippen molar-refractivity contribution in [3.63, 3.8) is 0 Å². The molecule has 0 bridgehead atoms. The first-order valence-corrected chi connectivity index (χ1v) is 8.41. The highest BCUT2D eigenvalue weighted by Crippen LogP contribution is 2.36. The number of aliphatic imine (C=N–C) groups is 1. The molecule has 1 aliphatic heterocycles. The van der Waals surface area contributed by atoms with Gasteiger partial charge in [-0.05, 0) is 29.8 Å². The first-order chi connectivity index (χ1) is 10.6. The second-order valence-corrected chi connectivity index (χ2v) is 6.62. The third-order valence-electron chi connectivity index (χ3n) is 3.13. The zero-order valence-corrected chi connectivity index (χ0v) is 13.8. The average molecular weight is 356 g/mol. The maximum Gasteiger partial charge on any atom is 0.157 e. The van der Waals surface area contributed by atoms with Crippen LogP contribution in [0.15, 0.2) is 41.4 Å². The van der Waals surface area contributed by atoms with Crippen LogP contribution in [0.3, 0.4) is 0 Å². The largest absolute Gasteiger partial charge is 0.486 e. The van der Waals surface area contributed by atoms with Crippen LogP contribution in [0.5, 0.6) is 5.75 Å². The first-order valence-electron chi connectivity index (χ1n) is 6.67. The number of ether oxygens (including phenoxy) is 1. The SMILES string of the molecule is Fc1ccc(COc2c(Cl)cc(C3=NCCS3)cc2Cl)cc1. The number of hydrogen-bond acceptors (Lipinski definition) is 3. The van der Waals surface area contributed by atoms with E-state index in [0.29, 0.717) is 15.8 Å². The molecule has 0 fully saturated rings. The molecule has 2 aromatic carbocycles. The molecule has 2 aromatic rings. The summed E-state index contributed by atoms with van der Waals surface area (Å²) in [6, 6.07) is 9.72. The van der Waals surface area contributed by atoms with E-state index in [-0.39, 0.29) is 12.4 Å². The Morgan fingerprint density at radius 3 is 2.41 bits per heavy atom. The van der Waals surface area contributed by atoms with E-state index in [9.17, 15) is 4.39 Å². The predicted octanol–water partition coefficient (Wildman–Crippen LogP) is 5.20. The van der Waals surface area contributed by atoms with Crippen LogP contribution < -0.4 is 4.74 Å². The van der Waals surface area contributed by atoms with Crippen LogP contribution in [-0.4, -0.2) is 17.3 Å². The van der Waals surface area contributed by atoms with Gasteiger partial charge in [-0.3, -0.25) is 4.99 Å². The third-order valence-corrected chi connectivity index (χ3v) is 4.71. The van der Waals surface area contributed by atoms with Gasteiger partial charge in [-0.1, -0.05) is 35.3 Å². The van der Waals surface area contributed by atoms with Gasteiger partial charge >= 0.3 is 0 Å². The molecule has 2 nitrogen and oxygen atoms in total. The lowest BCUT2D eigenvalue weighted by Gasteiger charge is -2.12. The molecule has 0 N–H and O–H groups in total. The van der Waals surface area contributed by atoms with Crippen molar-refractivity contribution >= 4 is 40.0 Å². The summed E-state index contributed by atoms with van der Waals surface area (Å²) in [6.07, 6.45) is 0. The highest BCUT2D eigenvalue weighted by molar-refractivity contribution is 8.14. The molecule has 0 unspecified atom stereocenters. The van der Waals surface area contributed by atoms with Crippen molar-refractivity contribution in [3.8, 4) is 5.75 Å². The predicted molar refractivity (Wildman–Crippen MR) is 91.1 cm³/mol. The van der Waals surface area contributed by atoms with E-state index in [1.807, 2.05) is 12.1 Å². The summed E-state index contributed by atoms with van der Waals surface area (Å²) in [5.41, 5.74) is 1.75. The van der Waals surface area contributed by atoms with E-state index in [4.69, 9.17) is 27.9 Å². The normalized spacial score (nSPS) is 14.0. The zero-order valence-electron chi connectivity index (χ0n) is 11.5. The van der Waals surface area contributed by atoms with Crippen molar-refractivity contribution in [1.82, 2.24) is 0 Å². The van der Waals surface area contributed by atoms with Crippen molar-refractivity contribution in [2.45, 2.75) is 6.61 Å². The van der Waals surface area contributed by atoms with Gasteiger partial charge in [0, 0.05) is 17.9 Å². The van der Waals surface area contributed by atoms with Gasteiger partial charge in [0.1, 0.15) is 12.4 Å². The Labute approximate surface area is 142 Å². The second-order valence-electron chi connectivity index (χ2n) is 4.72. The standard InChI is InChI=1S/C16H12Cl2FNOS/c17-13-7-11(16-20-5-6-22-16)8-14(18)15(13)21-9-10-1-3-12(19)4-2-10/h1-4,7-8H,5-6,9H2. The highest BCUT2D eigenvalue weighted by Gasteiger charge is 2.15. The Morgan fingerprint density at radius 1 is 1.14 bits per heavy atom. The fourth-order valence-corrected chi connectivity index (χ4v) is 3.51. The molecule has 1 heterocycles. The van der Waals surface area contributed by atoms with Crippen molar-refractivity contribution < 1.29 is 9.13 Å². The van der Waals surface area contributed by atoms with Crippen LogP contribution in [-0.2, 0) is 6.61 Å². The summed E-state index contributed by atoms with van der Waals surface area (Å²) in [6.45, 7) is 1.09. The molecule has 22 heavy (non-hydrogen) atoms. The van der Waals surface area contributed by atoms with Crippen molar-refractivity contribution in [3.05, 3.63) is 63.4 Å². The molecule has 3 rings (SSSR count). The summed E-state index contributed by atoms with van der Waals surface area (Å²) in [7, 11) is 0. The molecule has 0 atom stereocenters. The Kier molecular flexibility index (Phi) is 4.91. The van der Waals surface area contributed by atoms with Gasteiger partial charge in [-0.15, -0.1) is 11.8 Å². The molecule has 0 aromatic heterocycles. The number of halogens is 3. The van der Waals surface area contributed by atoms with E-state index < -0.39 is 0 Å². The fourth-order valence-electron chi connectivity index (χ4n) is 2.07. The Morgan fingerprint density at radius 2 is 1.82 bits per heavy atom. The van der Waals surface area contributed by atoms with Gasteiger partial charge in [0.15, 0.2) is 5.75 Å². The number of thioether (sulfide) groups is 1. The Hall–Kier alpha value is -1.23. The quantitative estimate of drug-likeness (QED) is 0.751. The average Bonchev–Trinajstić information content (AvgIpc) is 3.02. The number of benzene rings is 2. The molecule has 0 saturated carbocycles. The van der Waals surface area contributed by atoms with E-state index in [1.54, 1.807) is 23.9 Å². The van der Waals surface area contributed by atoms with Crippen LogP contribution in [0.1, 0.15) is 11.1 Å². The molecule has 114 valence electrons. The minimum Gasteiger partial charge on any atom is -0.486 e. The zero-order chi connectivity index (χ0) is 15.5. The molecule has 6 heteroatoms. The smallest absolute Gasteiger partial charge is 0.157 e. The van der Waals surface area contributed by atoms with Crippen LogP contribution in [0.2, 0.25) is 10.0 Å². The molecule has 0 radical (unpaired) electrons. The minimum absolute atomic E-state index is 0.273. The fraction of sp³-hybridized carbons (Fsp3) is 0.188. The number of hydrogen-bond donors (Lipinski definition) is 0. The Balaban J connectivity index is 1.77. The van der Waals surface area contributed by atoms with Gasteiger partial charge in [0.05, 0.1) is 15.1 Å². The molecule has 0 aliphatic carbocycles. The summed E-state index contributed by atoms with van der Waals surface area (Å²) in [5.74, 6) is 1.13. The highest BCUT2D eigenvalue weighted by atomic mass is 35.5. The molecule has 0 saturated heterocycles.